The van der Waals surface area contributed by atoms with E-state index in [0.717, 1.165) is 5.56 Å². The van der Waals surface area contributed by atoms with Gasteiger partial charge in [0.1, 0.15) is 6.04 Å². The van der Waals surface area contributed by atoms with E-state index in [4.69, 9.17) is 10.5 Å². The van der Waals surface area contributed by atoms with Crippen LogP contribution in [0, 0.1) is 10.1 Å². The van der Waals surface area contributed by atoms with Gasteiger partial charge in [0.25, 0.3) is 5.69 Å². The first-order chi connectivity index (χ1) is 9.86. The first-order valence-corrected chi connectivity index (χ1v) is 6.65. The molecule has 1 aromatic rings. The van der Waals surface area contributed by atoms with Crippen LogP contribution in [0.3, 0.4) is 0 Å². The summed E-state index contributed by atoms with van der Waals surface area (Å²) >= 11 is 0. The highest BCUT2D eigenvalue weighted by Gasteiger charge is 2.23. The lowest BCUT2D eigenvalue weighted by Gasteiger charge is -2.29. The lowest BCUT2D eigenvalue weighted by Crippen LogP contribution is -2.48. The van der Waals surface area contributed by atoms with E-state index >= 15 is 0 Å². The average molecular weight is 295 g/mol. The predicted octanol–water partition coefficient (Wildman–Crippen LogP) is 1.31. The minimum atomic E-state index is -0.713. The fourth-order valence-electron chi connectivity index (χ4n) is 1.90. The Balaban J connectivity index is 2.83. The molecule has 0 bridgehead atoms. The molecule has 7 heteroatoms. The Morgan fingerprint density at radius 3 is 2.38 bits per heavy atom. The summed E-state index contributed by atoms with van der Waals surface area (Å²) in [6, 6.07) is 5.39. The molecule has 1 amide bonds. The maximum absolute atomic E-state index is 12.3. The summed E-state index contributed by atoms with van der Waals surface area (Å²) in [5, 5.41) is 10.6. The van der Waals surface area contributed by atoms with E-state index in [2.05, 4.69) is 0 Å². The molecule has 0 heterocycles. The Morgan fingerprint density at radius 2 is 1.95 bits per heavy atom. The Bertz CT molecular complexity index is 487. The van der Waals surface area contributed by atoms with Gasteiger partial charge in [0.05, 0.1) is 11.5 Å². The Labute approximate surface area is 123 Å². The molecule has 0 saturated carbocycles. The van der Waals surface area contributed by atoms with Crippen molar-refractivity contribution in [2.75, 3.05) is 13.7 Å². The molecule has 1 unspecified atom stereocenters. The van der Waals surface area contributed by atoms with Gasteiger partial charge in [0.15, 0.2) is 0 Å². The standard InChI is InChI=1S/C14H21N3O4/c1-10(2)16(14(18)13(15)9-21-3)8-11-4-6-12(7-5-11)17(19)20/h4-7,10,13H,8-9,15H2,1-3H3. The predicted molar refractivity (Wildman–Crippen MR) is 78.6 cm³/mol. The van der Waals surface area contributed by atoms with E-state index in [1.807, 2.05) is 13.8 Å². The zero-order valence-electron chi connectivity index (χ0n) is 12.5. The molecular formula is C14H21N3O4. The maximum Gasteiger partial charge on any atom is 0.269 e. The van der Waals surface area contributed by atoms with Gasteiger partial charge in [-0.25, -0.2) is 0 Å². The number of nitrogens with zero attached hydrogens (tertiary/aromatic N) is 2. The number of rotatable bonds is 7. The summed E-state index contributed by atoms with van der Waals surface area (Å²) < 4.78 is 4.90. The van der Waals surface area contributed by atoms with Crippen molar-refractivity contribution in [3.05, 3.63) is 39.9 Å². The van der Waals surface area contributed by atoms with Crippen molar-refractivity contribution in [1.82, 2.24) is 4.90 Å². The third-order valence-electron chi connectivity index (χ3n) is 3.07. The molecule has 0 radical (unpaired) electrons. The summed E-state index contributed by atoms with van der Waals surface area (Å²) in [5.41, 5.74) is 6.62. The van der Waals surface area contributed by atoms with Crippen LogP contribution in [0.25, 0.3) is 0 Å². The van der Waals surface area contributed by atoms with Crippen molar-refractivity contribution in [3.63, 3.8) is 0 Å². The van der Waals surface area contributed by atoms with Crippen LogP contribution in [0.1, 0.15) is 19.4 Å². The summed E-state index contributed by atoms with van der Waals surface area (Å²) in [6.07, 6.45) is 0. The average Bonchev–Trinajstić information content (AvgIpc) is 2.44. The van der Waals surface area contributed by atoms with Crippen molar-refractivity contribution in [1.29, 1.82) is 0 Å². The topological polar surface area (TPSA) is 98.7 Å². The van der Waals surface area contributed by atoms with E-state index in [0.29, 0.717) is 6.54 Å². The number of hydrogen-bond donors (Lipinski definition) is 1. The van der Waals surface area contributed by atoms with Gasteiger partial charge in [-0.1, -0.05) is 12.1 Å². The second-order valence-electron chi connectivity index (χ2n) is 5.05. The van der Waals surface area contributed by atoms with E-state index in [9.17, 15) is 14.9 Å². The van der Waals surface area contributed by atoms with Gasteiger partial charge >= 0.3 is 0 Å². The van der Waals surface area contributed by atoms with Crippen molar-refractivity contribution in [2.45, 2.75) is 32.5 Å². The zero-order chi connectivity index (χ0) is 16.0. The first kappa shape index (κ1) is 17.1. The number of nitro benzene ring substituents is 1. The van der Waals surface area contributed by atoms with Gasteiger partial charge in [-0.15, -0.1) is 0 Å². The molecule has 1 atom stereocenters. The Kier molecular flexibility index (Phi) is 6.26. The second kappa shape index (κ2) is 7.70. The first-order valence-electron chi connectivity index (χ1n) is 6.65. The zero-order valence-corrected chi connectivity index (χ0v) is 12.5. The minimum Gasteiger partial charge on any atom is -0.383 e. The molecule has 1 aromatic carbocycles. The van der Waals surface area contributed by atoms with Crippen LogP contribution in [-0.2, 0) is 16.1 Å². The molecule has 116 valence electrons. The summed E-state index contributed by atoms with van der Waals surface area (Å²) in [5.74, 6) is -0.204. The molecule has 0 spiro atoms. The molecule has 0 fully saturated rings. The van der Waals surface area contributed by atoms with Crippen LogP contribution in [0.5, 0.6) is 0 Å². The Morgan fingerprint density at radius 1 is 1.38 bits per heavy atom. The normalized spacial score (nSPS) is 12.2. The third kappa shape index (κ3) is 4.80. The van der Waals surface area contributed by atoms with Crippen LogP contribution >= 0.6 is 0 Å². The number of carbonyl (C=O) groups excluding carboxylic acids is 1. The van der Waals surface area contributed by atoms with Crippen molar-refractivity contribution < 1.29 is 14.5 Å². The number of carbonyl (C=O) groups is 1. The fourth-order valence-corrected chi connectivity index (χ4v) is 1.90. The number of hydrogen-bond acceptors (Lipinski definition) is 5. The highest BCUT2D eigenvalue weighted by Crippen LogP contribution is 2.15. The highest BCUT2D eigenvalue weighted by molar-refractivity contribution is 5.82. The maximum atomic E-state index is 12.3. The number of amides is 1. The molecular weight excluding hydrogens is 274 g/mol. The second-order valence-corrected chi connectivity index (χ2v) is 5.05. The SMILES string of the molecule is COCC(N)C(=O)N(Cc1ccc([N+](=O)[O-])cc1)C(C)C. The smallest absolute Gasteiger partial charge is 0.269 e. The van der Waals surface area contributed by atoms with Crippen LogP contribution < -0.4 is 5.73 Å². The number of methoxy groups -OCH3 is 1. The number of nitrogens with two attached hydrogens (primary N) is 1. The number of benzene rings is 1. The third-order valence-corrected chi connectivity index (χ3v) is 3.07. The fraction of sp³-hybridized carbons (Fsp3) is 0.500. The van der Waals surface area contributed by atoms with Gasteiger partial charge in [-0.2, -0.15) is 0 Å². The monoisotopic (exact) mass is 295 g/mol. The van der Waals surface area contributed by atoms with Gasteiger partial charge in [-0.3, -0.25) is 14.9 Å². The van der Waals surface area contributed by atoms with E-state index in [1.165, 1.54) is 19.2 Å². The Hall–Kier alpha value is -1.99. The van der Waals surface area contributed by atoms with E-state index in [1.54, 1.807) is 17.0 Å². The van der Waals surface area contributed by atoms with Crippen molar-refractivity contribution in [2.24, 2.45) is 5.73 Å². The molecule has 0 aliphatic rings. The van der Waals surface area contributed by atoms with Gasteiger partial charge in [0.2, 0.25) is 5.91 Å². The van der Waals surface area contributed by atoms with Crippen LogP contribution in [0.15, 0.2) is 24.3 Å². The molecule has 7 nitrogen and oxygen atoms in total. The van der Waals surface area contributed by atoms with Gasteiger partial charge in [0, 0.05) is 31.8 Å². The van der Waals surface area contributed by atoms with Crippen molar-refractivity contribution >= 4 is 11.6 Å². The minimum absolute atomic E-state index is 0.0252. The lowest BCUT2D eigenvalue weighted by molar-refractivity contribution is -0.384. The number of nitro groups is 1. The number of non-ortho nitro benzene ring substituents is 1. The van der Waals surface area contributed by atoms with Crippen LogP contribution in [0.4, 0.5) is 5.69 Å². The molecule has 21 heavy (non-hydrogen) atoms. The molecule has 2 N–H and O–H groups in total. The van der Waals surface area contributed by atoms with Crippen LogP contribution in [0.2, 0.25) is 0 Å². The van der Waals surface area contributed by atoms with Gasteiger partial charge < -0.3 is 15.4 Å². The van der Waals surface area contributed by atoms with Crippen LogP contribution in [-0.4, -0.2) is 41.5 Å². The summed E-state index contributed by atoms with van der Waals surface area (Å²) in [7, 11) is 1.49. The number of ether oxygens (including phenoxy) is 1. The summed E-state index contributed by atoms with van der Waals surface area (Å²) in [6.45, 7) is 4.29. The molecule has 0 aliphatic carbocycles. The molecule has 0 aromatic heterocycles. The quantitative estimate of drug-likeness (QED) is 0.604. The largest absolute Gasteiger partial charge is 0.383 e. The van der Waals surface area contributed by atoms with E-state index in [-0.39, 0.29) is 24.2 Å². The highest BCUT2D eigenvalue weighted by atomic mass is 16.6. The van der Waals surface area contributed by atoms with E-state index < -0.39 is 11.0 Å². The molecule has 1 rings (SSSR count). The lowest BCUT2D eigenvalue weighted by atomic mass is 10.1. The molecule has 0 aliphatic heterocycles. The molecule has 0 saturated heterocycles. The van der Waals surface area contributed by atoms with Crippen molar-refractivity contribution in [3.8, 4) is 0 Å². The summed E-state index contributed by atoms with van der Waals surface area (Å²) in [4.78, 5) is 24.1. The van der Waals surface area contributed by atoms with Gasteiger partial charge in [-0.05, 0) is 19.4 Å².